The number of para-hydroxylation sites is 2. The number of likely N-dealkylation sites (tertiary alicyclic amines) is 1. The molecule has 2 aromatic carbocycles. The molecule has 2 unspecified atom stereocenters. The van der Waals surface area contributed by atoms with Crippen LogP contribution in [-0.4, -0.2) is 56.8 Å². The lowest BCUT2D eigenvalue weighted by Gasteiger charge is -2.23. The van der Waals surface area contributed by atoms with Gasteiger partial charge in [0, 0.05) is 36.0 Å². The number of halogens is 1. The first-order valence-electron chi connectivity index (χ1n) is 11.7. The van der Waals surface area contributed by atoms with E-state index in [1.807, 2.05) is 42.5 Å². The van der Waals surface area contributed by atoms with Gasteiger partial charge in [-0.25, -0.2) is 4.79 Å². The number of oxime groups is 1. The molecule has 3 aromatic rings. The third kappa shape index (κ3) is 5.28. The number of pyridine rings is 1. The summed E-state index contributed by atoms with van der Waals surface area (Å²) in [7, 11) is 0. The maximum Gasteiger partial charge on any atom is 0.410 e. The Kier molecular flexibility index (Phi) is 7.04. The van der Waals surface area contributed by atoms with Crippen LogP contribution in [0, 0.1) is 0 Å². The number of aromatic hydroxyl groups is 1. The average molecular weight is 553 g/mol. The van der Waals surface area contributed by atoms with E-state index in [2.05, 4.69) is 31.4 Å². The molecule has 2 aliphatic rings. The molecular weight excluding hydrogens is 528 g/mol. The van der Waals surface area contributed by atoms with Gasteiger partial charge in [-0.1, -0.05) is 41.6 Å². The summed E-state index contributed by atoms with van der Waals surface area (Å²) in [5, 5.41) is 18.0. The number of nitrogens with one attached hydrogen (secondary N) is 1. The Labute approximate surface area is 216 Å². The molecule has 0 aliphatic carbocycles. The molecule has 1 fully saturated rings. The normalized spacial score (nSPS) is 21.2. The van der Waals surface area contributed by atoms with E-state index in [1.165, 1.54) is 4.90 Å². The number of hydrogen-bond donors (Lipinski definition) is 2. The highest BCUT2D eigenvalue weighted by Gasteiger charge is 2.42. The van der Waals surface area contributed by atoms with Gasteiger partial charge in [0.25, 0.3) is 0 Å². The van der Waals surface area contributed by atoms with Crippen molar-refractivity contribution < 1.29 is 24.3 Å². The molecule has 2 aliphatic heterocycles. The van der Waals surface area contributed by atoms with E-state index in [9.17, 15) is 14.7 Å². The van der Waals surface area contributed by atoms with Crippen LogP contribution in [0.1, 0.15) is 29.9 Å². The van der Waals surface area contributed by atoms with Crippen LogP contribution in [0.3, 0.4) is 0 Å². The summed E-state index contributed by atoms with van der Waals surface area (Å²) < 4.78 is 6.29. The Morgan fingerprint density at radius 3 is 2.81 bits per heavy atom. The fourth-order valence-electron chi connectivity index (χ4n) is 4.60. The molecular formula is C26H25BrN4O5. The number of hydrogen-bond acceptors (Lipinski definition) is 7. The third-order valence-corrected chi connectivity index (χ3v) is 6.89. The Balaban J connectivity index is 1.28. The lowest BCUT2D eigenvalue weighted by molar-refractivity contribution is -0.125. The topological polar surface area (TPSA) is 113 Å². The number of carbonyl (C=O) groups excluding carboxylic acids is 2. The van der Waals surface area contributed by atoms with Gasteiger partial charge in [-0.2, -0.15) is 0 Å². The second-order valence-electron chi connectivity index (χ2n) is 8.89. The number of fused-ring (bicyclic) bond motifs is 1. The summed E-state index contributed by atoms with van der Waals surface area (Å²) in [5.41, 5.74) is 2.31. The van der Waals surface area contributed by atoms with Crippen molar-refractivity contribution in [3.63, 3.8) is 0 Å². The van der Waals surface area contributed by atoms with E-state index in [0.29, 0.717) is 23.0 Å². The monoisotopic (exact) mass is 552 g/mol. The fraction of sp³-hybridized carbons (Fsp3) is 0.308. The standard InChI is InChI=1S/C26H25BrN4O5/c27-24-11-19(36-30-24)13-29-25(33)22-10-18(20-6-2-4-8-23(20)32)14-31(22)26(34)35-15-16-9-17-5-1-3-7-21(17)28-12-16/h1-9,12,18-19,22,32H,10-11,13-15H2,(H,29,33)/t18?,19-,22?/m0/s1. The van der Waals surface area contributed by atoms with Crippen molar-refractivity contribution in [2.24, 2.45) is 5.16 Å². The van der Waals surface area contributed by atoms with Crippen LogP contribution in [0.5, 0.6) is 5.75 Å². The SMILES string of the molecule is O=C(NC[C@@H]1CC(Br)=NO1)C1CC(c2ccccc2O)CN1C(=O)OCc1cnc2ccccc2c1. The minimum atomic E-state index is -0.748. The second kappa shape index (κ2) is 10.5. The van der Waals surface area contributed by atoms with Gasteiger partial charge in [-0.15, -0.1) is 0 Å². The van der Waals surface area contributed by atoms with E-state index in [-0.39, 0.29) is 43.4 Å². The van der Waals surface area contributed by atoms with Gasteiger partial charge in [0.1, 0.15) is 23.0 Å². The molecule has 10 heteroatoms. The highest BCUT2D eigenvalue weighted by Crippen LogP contribution is 2.36. The third-order valence-electron chi connectivity index (χ3n) is 6.43. The van der Waals surface area contributed by atoms with Crippen molar-refractivity contribution in [3.8, 4) is 5.75 Å². The van der Waals surface area contributed by atoms with Crippen molar-refractivity contribution in [1.82, 2.24) is 15.2 Å². The van der Waals surface area contributed by atoms with E-state index in [1.54, 1.807) is 18.3 Å². The van der Waals surface area contributed by atoms with E-state index >= 15 is 0 Å². The predicted molar refractivity (Wildman–Crippen MR) is 137 cm³/mol. The first-order chi connectivity index (χ1) is 17.5. The number of carbonyl (C=O) groups is 2. The minimum absolute atomic E-state index is 0.0318. The molecule has 2 amide bonds. The number of ether oxygens (including phenoxy) is 1. The summed E-state index contributed by atoms with van der Waals surface area (Å²) in [4.78, 5) is 37.4. The number of phenolic OH excluding ortho intramolecular Hbond substituents is 1. The molecule has 5 rings (SSSR count). The zero-order valence-corrected chi connectivity index (χ0v) is 20.9. The maximum atomic E-state index is 13.2. The summed E-state index contributed by atoms with van der Waals surface area (Å²) in [6.07, 6.45) is 1.75. The molecule has 3 atom stereocenters. The van der Waals surface area contributed by atoms with Crippen molar-refractivity contribution in [2.45, 2.75) is 37.5 Å². The summed E-state index contributed by atoms with van der Waals surface area (Å²) in [6.45, 7) is 0.546. The van der Waals surface area contributed by atoms with E-state index < -0.39 is 12.1 Å². The Bertz CT molecular complexity index is 1320. The van der Waals surface area contributed by atoms with Crippen LogP contribution in [0.25, 0.3) is 10.9 Å². The van der Waals surface area contributed by atoms with Crippen LogP contribution < -0.4 is 5.32 Å². The largest absolute Gasteiger partial charge is 0.508 e. The predicted octanol–water partition coefficient (Wildman–Crippen LogP) is 4.05. The van der Waals surface area contributed by atoms with Crippen molar-refractivity contribution in [1.29, 1.82) is 0 Å². The van der Waals surface area contributed by atoms with Gasteiger partial charge in [0.05, 0.1) is 12.1 Å². The number of amides is 2. The lowest BCUT2D eigenvalue weighted by atomic mass is 9.95. The zero-order valence-electron chi connectivity index (χ0n) is 19.3. The number of nitrogens with zero attached hydrogens (tertiary/aromatic N) is 3. The van der Waals surface area contributed by atoms with Crippen LogP contribution in [0.4, 0.5) is 4.79 Å². The average Bonchev–Trinajstić information content (AvgIpc) is 3.52. The highest BCUT2D eigenvalue weighted by molar-refractivity contribution is 9.18. The van der Waals surface area contributed by atoms with Gasteiger partial charge in [-0.05, 0) is 46.1 Å². The molecule has 0 spiro atoms. The first kappa shape index (κ1) is 24.1. The number of benzene rings is 2. The number of phenols is 1. The van der Waals surface area contributed by atoms with Crippen LogP contribution in [-0.2, 0) is 21.0 Å². The minimum Gasteiger partial charge on any atom is -0.508 e. The Morgan fingerprint density at radius 2 is 2.00 bits per heavy atom. The van der Waals surface area contributed by atoms with E-state index in [4.69, 9.17) is 9.57 Å². The molecule has 9 nitrogen and oxygen atoms in total. The molecule has 0 bridgehead atoms. The number of rotatable bonds is 6. The van der Waals surface area contributed by atoms with Gasteiger partial charge in [-0.3, -0.25) is 14.7 Å². The lowest BCUT2D eigenvalue weighted by Crippen LogP contribution is -2.47. The quantitative estimate of drug-likeness (QED) is 0.477. The second-order valence-corrected chi connectivity index (χ2v) is 9.81. The summed E-state index contributed by atoms with van der Waals surface area (Å²) in [5.74, 6) is -0.374. The molecule has 2 N–H and O–H groups in total. The van der Waals surface area contributed by atoms with Crippen LogP contribution in [0.15, 0.2) is 65.9 Å². The molecule has 0 saturated carbocycles. The molecule has 186 valence electrons. The van der Waals surface area contributed by atoms with Crippen molar-refractivity contribution >= 4 is 43.5 Å². The molecule has 0 radical (unpaired) electrons. The highest BCUT2D eigenvalue weighted by atomic mass is 79.9. The van der Waals surface area contributed by atoms with E-state index in [0.717, 1.165) is 16.5 Å². The van der Waals surface area contributed by atoms with Crippen LogP contribution in [0.2, 0.25) is 0 Å². The smallest absolute Gasteiger partial charge is 0.410 e. The van der Waals surface area contributed by atoms with Crippen molar-refractivity contribution in [2.75, 3.05) is 13.1 Å². The van der Waals surface area contributed by atoms with Gasteiger partial charge < -0.3 is 20.0 Å². The molecule has 36 heavy (non-hydrogen) atoms. The first-order valence-corrected chi connectivity index (χ1v) is 12.5. The van der Waals surface area contributed by atoms with Gasteiger partial charge >= 0.3 is 6.09 Å². The Hall–Kier alpha value is -3.66. The molecule has 1 saturated heterocycles. The van der Waals surface area contributed by atoms with Gasteiger partial charge in [0.2, 0.25) is 5.91 Å². The molecule has 3 heterocycles. The van der Waals surface area contributed by atoms with Gasteiger partial charge in [0.15, 0.2) is 6.10 Å². The Morgan fingerprint density at radius 1 is 1.19 bits per heavy atom. The summed E-state index contributed by atoms with van der Waals surface area (Å²) >= 11 is 3.29. The maximum absolute atomic E-state index is 13.2. The summed E-state index contributed by atoms with van der Waals surface area (Å²) in [6, 6.07) is 15.9. The zero-order chi connectivity index (χ0) is 25.1. The van der Waals surface area contributed by atoms with Crippen molar-refractivity contribution in [3.05, 3.63) is 71.9 Å². The molecule has 1 aromatic heterocycles. The number of aromatic nitrogens is 1. The van der Waals surface area contributed by atoms with Crippen LogP contribution >= 0.6 is 15.9 Å². The fourth-order valence-corrected chi connectivity index (χ4v) is 5.05.